The Labute approximate surface area is 108 Å². The van der Waals surface area contributed by atoms with E-state index < -0.39 is 0 Å². The minimum absolute atomic E-state index is 0.0499. The van der Waals surface area contributed by atoms with Crippen LogP contribution in [0, 0.1) is 5.92 Å². The molecule has 1 aliphatic rings. The molecule has 0 spiro atoms. The van der Waals surface area contributed by atoms with E-state index in [1.165, 1.54) is 12.8 Å². The summed E-state index contributed by atoms with van der Waals surface area (Å²) in [6.07, 6.45) is 3.30. The predicted molar refractivity (Wildman–Crippen MR) is 70.4 cm³/mol. The zero-order valence-corrected chi connectivity index (χ0v) is 10.5. The van der Waals surface area contributed by atoms with Gasteiger partial charge in [-0.2, -0.15) is 0 Å². The normalized spacial score (nSPS) is 14.3. The smallest absolute Gasteiger partial charge is 0.257 e. The number of ether oxygens (including phenoxy) is 1. The molecule has 0 aliphatic heterocycles. The van der Waals surface area contributed by atoms with Gasteiger partial charge in [-0.25, -0.2) is 0 Å². The van der Waals surface area contributed by atoms with Crippen molar-refractivity contribution in [3.8, 4) is 5.75 Å². The van der Waals surface area contributed by atoms with E-state index in [2.05, 4.69) is 5.32 Å². The number of nitrogens with two attached hydrogens (primary N) is 1. The van der Waals surface area contributed by atoms with Gasteiger partial charge in [-0.3, -0.25) is 4.79 Å². The highest BCUT2D eigenvalue weighted by atomic mass is 16.5. The highest BCUT2D eigenvalue weighted by Crippen LogP contribution is 2.27. The molecule has 4 nitrogen and oxygen atoms in total. The van der Waals surface area contributed by atoms with E-state index in [0.717, 1.165) is 24.3 Å². The van der Waals surface area contributed by atoms with Crippen molar-refractivity contribution in [2.45, 2.75) is 19.3 Å². The third kappa shape index (κ3) is 4.37. The Bertz CT molecular complexity index is 403. The second kappa shape index (κ2) is 6.40. The molecule has 1 aliphatic carbocycles. The van der Waals surface area contributed by atoms with Gasteiger partial charge in [0.15, 0.2) is 6.61 Å². The van der Waals surface area contributed by atoms with Gasteiger partial charge in [0.2, 0.25) is 0 Å². The van der Waals surface area contributed by atoms with E-state index in [1.54, 1.807) is 0 Å². The van der Waals surface area contributed by atoms with Crippen LogP contribution < -0.4 is 15.8 Å². The molecule has 0 saturated heterocycles. The molecule has 1 amide bonds. The second-order valence-electron chi connectivity index (χ2n) is 4.72. The molecule has 0 bridgehead atoms. The first kappa shape index (κ1) is 12.9. The van der Waals surface area contributed by atoms with Crippen LogP contribution in [0.3, 0.4) is 0 Å². The molecular formula is C14H20N2O2. The fourth-order valence-electron chi connectivity index (χ4n) is 1.74. The first-order valence-corrected chi connectivity index (χ1v) is 6.46. The van der Waals surface area contributed by atoms with Gasteiger partial charge in [0.25, 0.3) is 5.91 Å². The van der Waals surface area contributed by atoms with Crippen molar-refractivity contribution in [1.82, 2.24) is 5.32 Å². The molecule has 1 saturated carbocycles. The molecule has 0 heterocycles. The lowest BCUT2D eigenvalue weighted by Crippen LogP contribution is -2.30. The van der Waals surface area contributed by atoms with Crippen molar-refractivity contribution in [2.24, 2.45) is 11.7 Å². The zero-order valence-electron chi connectivity index (χ0n) is 10.5. The number of rotatable bonds is 7. The minimum atomic E-state index is -0.0499. The van der Waals surface area contributed by atoms with Crippen LogP contribution in [0.1, 0.15) is 18.4 Å². The predicted octanol–water partition coefficient (Wildman–Crippen LogP) is 1.09. The maximum atomic E-state index is 11.5. The Morgan fingerprint density at radius 1 is 1.44 bits per heavy atom. The topological polar surface area (TPSA) is 64.3 Å². The summed E-state index contributed by atoms with van der Waals surface area (Å²) in [6.45, 7) is 1.49. The molecule has 2 rings (SSSR count). The summed E-state index contributed by atoms with van der Waals surface area (Å²) in [5.74, 6) is 1.37. The van der Waals surface area contributed by atoms with Crippen molar-refractivity contribution in [1.29, 1.82) is 0 Å². The van der Waals surface area contributed by atoms with E-state index in [4.69, 9.17) is 10.5 Å². The molecule has 0 aromatic heterocycles. The fourth-order valence-corrected chi connectivity index (χ4v) is 1.74. The number of hydrogen-bond acceptors (Lipinski definition) is 3. The lowest BCUT2D eigenvalue weighted by atomic mass is 10.1. The third-order valence-electron chi connectivity index (χ3n) is 2.99. The van der Waals surface area contributed by atoms with Gasteiger partial charge in [0, 0.05) is 6.54 Å². The number of amides is 1. The Kier molecular flexibility index (Phi) is 4.59. The number of benzene rings is 1. The molecule has 4 heteroatoms. The molecule has 0 unspecified atom stereocenters. The van der Waals surface area contributed by atoms with E-state index in [9.17, 15) is 4.79 Å². The van der Waals surface area contributed by atoms with Crippen LogP contribution >= 0.6 is 0 Å². The fraction of sp³-hybridized carbons (Fsp3) is 0.500. The summed E-state index contributed by atoms with van der Waals surface area (Å²) in [5, 5.41) is 2.87. The quantitative estimate of drug-likeness (QED) is 0.759. The average molecular weight is 248 g/mol. The molecule has 0 radical (unpaired) electrons. The Balaban J connectivity index is 1.73. The van der Waals surface area contributed by atoms with Crippen molar-refractivity contribution >= 4 is 5.91 Å². The highest BCUT2D eigenvalue weighted by Gasteiger charge is 2.21. The third-order valence-corrected chi connectivity index (χ3v) is 2.99. The maximum Gasteiger partial charge on any atom is 0.257 e. The van der Waals surface area contributed by atoms with Crippen LogP contribution in [-0.2, 0) is 11.2 Å². The van der Waals surface area contributed by atoms with E-state index in [1.807, 2.05) is 24.3 Å². The SMILES string of the molecule is NCCc1cccc(OCC(=O)NCC2CC2)c1. The number of carbonyl (C=O) groups is 1. The minimum Gasteiger partial charge on any atom is -0.484 e. The Morgan fingerprint density at radius 3 is 3.00 bits per heavy atom. The second-order valence-corrected chi connectivity index (χ2v) is 4.72. The van der Waals surface area contributed by atoms with Crippen LogP contribution in [-0.4, -0.2) is 25.6 Å². The van der Waals surface area contributed by atoms with Gasteiger partial charge in [0.05, 0.1) is 0 Å². The first-order valence-electron chi connectivity index (χ1n) is 6.46. The lowest BCUT2D eigenvalue weighted by Gasteiger charge is -2.08. The Morgan fingerprint density at radius 2 is 2.28 bits per heavy atom. The van der Waals surface area contributed by atoms with Gasteiger partial charge in [-0.1, -0.05) is 12.1 Å². The number of carbonyl (C=O) groups excluding carboxylic acids is 1. The van der Waals surface area contributed by atoms with E-state index in [-0.39, 0.29) is 12.5 Å². The lowest BCUT2D eigenvalue weighted by molar-refractivity contribution is -0.123. The standard InChI is InChI=1S/C14H20N2O2/c15-7-6-11-2-1-3-13(8-11)18-10-14(17)16-9-12-4-5-12/h1-3,8,12H,4-7,9-10,15H2,(H,16,17). The van der Waals surface area contributed by atoms with Crippen LogP contribution in [0.15, 0.2) is 24.3 Å². The van der Waals surface area contributed by atoms with Crippen LogP contribution in [0.2, 0.25) is 0 Å². The number of nitrogens with one attached hydrogen (secondary N) is 1. The van der Waals surface area contributed by atoms with Crippen molar-refractivity contribution in [3.63, 3.8) is 0 Å². The summed E-state index contributed by atoms with van der Waals surface area (Å²) < 4.78 is 5.45. The molecular weight excluding hydrogens is 228 g/mol. The van der Waals surface area contributed by atoms with Crippen molar-refractivity contribution < 1.29 is 9.53 Å². The molecule has 1 aromatic carbocycles. The Hall–Kier alpha value is -1.55. The van der Waals surface area contributed by atoms with Gasteiger partial charge in [-0.15, -0.1) is 0 Å². The average Bonchev–Trinajstić information content (AvgIpc) is 3.19. The summed E-state index contributed by atoms with van der Waals surface area (Å²) in [7, 11) is 0. The molecule has 18 heavy (non-hydrogen) atoms. The van der Waals surface area contributed by atoms with Gasteiger partial charge in [0.1, 0.15) is 5.75 Å². The van der Waals surface area contributed by atoms with Crippen LogP contribution in [0.25, 0.3) is 0 Å². The summed E-state index contributed by atoms with van der Waals surface area (Å²) >= 11 is 0. The molecule has 3 N–H and O–H groups in total. The van der Waals surface area contributed by atoms with Gasteiger partial charge in [-0.05, 0) is 49.4 Å². The van der Waals surface area contributed by atoms with Crippen LogP contribution in [0.4, 0.5) is 0 Å². The van der Waals surface area contributed by atoms with E-state index in [0.29, 0.717) is 12.5 Å². The highest BCUT2D eigenvalue weighted by molar-refractivity contribution is 5.77. The summed E-state index contributed by atoms with van der Waals surface area (Å²) in [5.41, 5.74) is 6.63. The van der Waals surface area contributed by atoms with E-state index >= 15 is 0 Å². The van der Waals surface area contributed by atoms with Crippen molar-refractivity contribution in [2.75, 3.05) is 19.7 Å². The number of hydrogen-bond donors (Lipinski definition) is 2. The van der Waals surface area contributed by atoms with Crippen molar-refractivity contribution in [3.05, 3.63) is 29.8 Å². The first-order chi connectivity index (χ1) is 8.78. The van der Waals surface area contributed by atoms with Gasteiger partial charge >= 0.3 is 0 Å². The molecule has 1 aromatic rings. The monoisotopic (exact) mass is 248 g/mol. The molecule has 98 valence electrons. The largest absolute Gasteiger partial charge is 0.484 e. The van der Waals surface area contributed by atoms with Crippen LogP contribution in [0.5, 0.6) is 5.75 Å². The maximum absolute atomic E-state index is 11.5. The van der Waals surface area contributed by atoms with Gasteiger partial charge < -0.3 is 15.8 Å². The summed E-state index contributed by atoms with van der Waals surface area (Å²) in [6, 6.07) is 7.71. The zero-order chi connectivity index (χ0) is 12.8. The molecule has 1 fully saturated rings. The summed E-state index contributed by atoms with van der Waals surface area (Å²) in [4.78, 5) is 11.5. The molecule has 0 atom stereocenters.